The van der Waals surface area contributed by atoms with Crippen molar-refractivity contribution in [2.75, 3.05) is 12.4 Å². The Bertz CT molecular complexity index is 948. The lowest BCUT2D eigenvalue weighted by Gasteiger charge is -2.10. The Morgan fingerprint density at radius 1 is 1.10 bits per heavy atom. The van der Waals surface area contributed by atoms with E-state index in [1.807, 2.05) is 30.3 Å². The van der Waals surface area contributed by atoms with Crippen LogP contribution >= 0.6 is 11.8 Å². The second-order valence-corrected chi connectivity index (χ2v) is 6.78. The maximum Gasteiger partial charge on any atom is 0.422 e. The van der Waals surface area contributed by atoms with Gasteiger partial charge in [-0.2, -0.15) is 13.2 Å². The van der Waals surface area contributed by atoms with E-state index in [9.17, 15) is 18.0 Å². The summed E-state index contributed by atoms with van der Waals surface area (Å²) in [5.74, 6) is 0.226. The van der Waals surface area contributed by atoms with E-state index in [2.05, 4.69) is 15.5 Å². The minimum Gasteiger partial charge on any atom is -0.484 e. The Morgan fingerprint density at radius 2 is 1.90 bits per heavy atom. The van der Waals surface area contributed by atoms with Crippen LogP contribution in [0.15, 0.2) is 64.2 Å². The number of halogens is 3. The number of alkyl halides is 3. The third-order valence-corrected chi connectivity index (χ3v) is 4.36. The van der Waals surface area contributed by atoms with E-state index in [1.54, 1.807) is 12.1 Å². The van der Waals surface area contributed by atoms with Crippen LogP contribution in [0.1, 0.15) is 5.56 Å². The number of nitrogens with zero attached hydrogens (tertiary/aromatic N) is 2. The Hall–Kier alpha value is -3.01. The van der Waals surface area contributed by atoms with Gasteiger partial charge in [-0.15, -0.1) is 10.2 Å². The van der Waals surface area contributed by atoms with Gasteiger partial charge in [-0.05, 0) is 29.8 Å². The number of hydrogen-bond acceptors (Lipinski definition) is 6. The van der Waals surface area contributed by atoms with Crippen molar-refractivity contribution in [3.05, 3.63) is 60.2 Å². The average molecular weight is 423 g/mol. The molecule has 0 aliphatic heterocycles. The minimum atomic E-state index is -4.41. The average Bonchev–Trinajstić information content (AvgIpc) is 3.19. The second kappa shape index (κ2) is 9.46. The van der Waals surface area contributed by atoms with Gasteiger partial charge < -0.3 is 14.5 Å². The first-order valence-electron chi connectivity index (χ1n) is 8.46. The number of nitrogens with one attached hydrogen (secondary N) is 1. The zero-order valence-corrected chi connectivity index (χ0v) is 15.8. The van der Waals surface area contributed by atoms with Crippen molar-refractivity contribution in [3.8, 4) is 17.2 Å². The van der Waals surface area contributed by atoms with Crippen molar-refractivity contribution in [2.24, 2.45) is 0 Å². The van der Waals surface area contributed by atoms with Crippen molar-refractivity contribution < 1.29 is 27.1 Å². The zero-order valence-electron chi connectivity index (χ0n) is 15.0. The van der Waals surface area contributed by atoms with Crippen molar-refractivity contribution in [1.82, 2.24) is 15.5 Å². The first-order chi connectivity index (χ1) is 13.9. The predicted octanol–water partition coefficient (Wildman–Crippen LogP) is 4.09. The van der Waals surface area contributed by atoms with Gasteiger partial charge in [0.25, 0.3) is 5.22 Å². The van der Waals surface area contributed by atoms with Crippen molar-refractivity contribution in [1.29, 1.82) is 0 Å². The fraction of sp³-hybridized carbons (Fsp3) is 0.211. The molecule has 2 aromatic carbocycles. The number of carbonyl (C=O) groups excluding carboxylic acids is 1. The molecule has 29 heavy (non-hydrogen) atoms. The molecule has 1 aromatic heterocycles. The lowest BCUT2D eigenvalue weighted by molar-refractivity contribution is -0.153. The van der Waals surface area contributed by atoms with Gasteiger partial charge in [-0.25, -0.2) is 0 Å². The molecule has 152 valence electrons. The van der Waals surface area contributed by atoms with Gasteiger partial charge >= 0.3 is 6.18 Å². The van der Waals surface area contributed by atoms with Gasteiger partial charge in [0.1, 0.15) is 5.75 Å². The molecule has 1 N–H and O–H groups in total. The van der Waals surface area contributed by atoms with E-state index < -0.39 is 12.8 Å². The second-order valence-electron chi connectivity index (χ2n) is 5.86. The molecule has 1 heterocycles. The molecule has 0 bridgehead atoms. The summed E-state index contributed by atoms with van der Waals surface area (Å²) in [5.41, 5.74) is 1.40. The molecule has 0 aliphatic rings. The van der Waals surface area contributed by atoms with E-state index >= 15 is 0 Å². The highest BCUT2D eigenvalue weighted by molar-refractivity contribution is 7.99. The summed E-state index contributed by atoms with van der Waals surface area (Å²) >= 11 is 1.09. The Balaban J connectivity index is 1.45. The fourth-order valence-electron chi connectivity index (χ4n) is 2.25. The lowest BCUT2D eigenvalue weighted by Crippen LogP contribution is -2.24. The van der Waals surface area contributed by atoms with E-state index in [1.165, 1.54) is 12.1 Å². The molecule has 3 rings (SSSR count). The number of aromatic nitrogens is 2. The van der Waals surface area contributed by atoms with E-state index in [0.717, 1.165) is 17.3 Å². The minimum absolute atomic E-state index is 0.0562. The summed E-state index contributed by atoms with van der Waals surface area (Å²) in [7, 11) is 0. The molecule has 0 saturated carbocycles. The molecule has 1 amide bonds. The van der Waals surface area contributed by atoms with Gasteiger partial charge in [-0.1, -0.05) is 42.1 Å². The van der Waals surface area contributed by atoms with Crippen LogP contribution in [-0.2, 0) is 11.3 Å². The van der Waals surface area contributed by atoms with E-state index in [-0.39, 0.29) is 29.2 Å². The number of ether oxygens (including phenoxy) is 1. The Labute approximate surface area is 168 Å². The van der Waals surface area contributed by atoms with E-state index in [4.69, 9.17) is 9.15 Å². The molecule has 6 nitrogen and oxygen atoms in total. The number of hydrogen-bond donors (Lipinski definition) is 1. The molecule has 0 radical (unpaired) electrons. The third-order valence-electron chi connectivity index (χ3n) is 3.54. The predicted molar refractivity (Wildman–Crippen MR) is 100 cm³/mol. The molecule has 0 spiro atoms. The highest BCUT2D eigenvalue weighted by atomic mass is 32.2. The van der Waals surface area contributed by atoms with Crippen molar-refractivity contribution in [2.45, 2.75) is 17.9 Å². The molecule has 10 heteroatoms. The molecule has 0 unspecified atom stereocenters. The first kappa shape index (κ1) is 20.7. The fourth-order valence-corrected chi connectivity index (χ4v) is 2.85. The number of amides is 1. The largest absolute Gasteiger partial charge is 0.484 e. The third kappa shape index (κ3) is 6.83. The highest BCUT2D eigenvalue weighted by Gasteiger charge is 2.28. The molecule has 0 saturated heterocycles. The van der Waals surface area contributed by atoms with Gasteiger partial charge in [0.2, 0.25) is 11.8 Å². The van der Waals surface area contributed by atoms with Crippen LogP contribution in [0.3, 0.4) is 0 Å². The topological polar surface area (TPSA) is 77.2 Å². The van der Waals surface area contributed by atoms with Crippen LogP contribution in [0.4, 0.5) is 13.2 Å². The summed E-state index contributed by atoms with van der Waals surface area (Å²) in [6.07, 6.45) is -4.41. The van der Waals surface area contributed by atoms with Crippen LogP contribution in [0.2, 0.25) is 0 Å². The summed E-state index contributed by atoms with van der Waals surface area (Å²) < 4.78 is 46.8. The van der Waals surface area contributed by atoms with Crippen molar-refractivity contribution >= 4 is 17.7 Å². The van der Waals surface area contributed by atoms with Crippen molar-refractivity contribution in [3.63, 3.8) is 0 Å². The molecule has 3 aromatic rings. The van der Waals surface area contributed by atoms with Crippen LogP contribution in [0.25, 0.3) is 11.5 Å². The number of benzene rings is 2. The summed E-state index contributed by atoms with van der Waals surface area (Å²) in [6.45, 7) is -1.21. The number of thioether (sulfide) groups is 1. The molecule has 0 fully saturated rings. The standard InChI is InChI=1S/C19H16F3N3O3S/c20-19(21,22)12-27-15-8-4-5-13(9-15)10-23-16(26)11-29-18-25-24-17(28-18)14-6-2-1-3-7-14/h1-9H,10-12H2,(H,23,26). The van der Waals surface area contributed by atoms with E-state index in [0.29, 0.717) is 11.5 Å². The molecule has 0 aliphatic carbocycles. The SMILES string of the molecule is O=C(CSc1nnc(-c2ccccc2)o1)NCc1cccc(OCC(F)(F)F)c1. The highest BCUT2D eigenvalue weighted by Crippen LogP contribution is 2.23. The first-order valence-corrected chi connectivity index (χ1v) is 9.44. The number of carbonyl (C=O) groups is 1. The van der Waals surface area contributed by atoms with Gasteiger partial charge in [0.15, 0.2) is 6.61 Å². The molecular formula is C19H16F3N3O3S. The van der Waals surface area contributed by atoms with Crippen LogP contribution in [0, 0.1) is 0 Å². The van der Waals surface area contributed by atoms with Crippen LogP contribution in [0.5, 0.6) is 5.75 Å². The van der Waals surface area contributed by atoms with Gasteiger partial charge in [-0.3, -0.25) is 4.79 Å². The van der Waals surface area contributed by atoms with Crippen LogP contribution in [-0.4, -0.2) is 34.6 Å². The molecule has 0 atom stereocenters. The monoisotopic (exact) mass is 423 g/mol. The normalized spacial score (nSPS) is 11.3. The smallest absolute Gasteiger partial charge is 0.422 e. The maximum atomic E-state index is 12.2. The quantitative estimate of drug-likeness (QED) is 0.550. The zero-order chi connectivity index (χ0) is 20.7. The Morgan fingerprint density at radius 3 is 2.66 bits per heavy atom. The van der Waals surface area contributed by atoms with Gasteiger partial charge in [0.05, 0.1) is 5.75 Å². The maximum absolute atomic E-state index is 12.2. The summed E-state index contributed by atoms with van der Waals surface area (Å²) in [5, 5.41) is 10.8. The van der Waals surface area contributed by atoms with Gasteiger partial charge in [0, 0.05) is 12.1 Å². The van der Waals surface area contributed by atoms with Crippen LogP contribution < -0.4 is 10.1 Å². The number of rotatable bonds is 8. The molecular weight excluding hydrogens is 407 g/mol. The lowest BCUT2D eigenvalue weighted by atomic mass is 10.2. The Kier molecular flexibility index (Phi) is 6.76. The summed E-state index contributed by atoms with van der Waals surface area (Å²) in [4.78, 5) is 12.0. The summed E-state index contributed by atoms with van der Waals surface area (Å²) in [6, 6.07) is 15.4.